The molecule has 0 saturated carbocycles. The molecule has 1 aromatic carbocycles. The van der Waals surface area contributed by atoms with Gasteiger partial charge in [-0.3, -0.25) is 4.98 Å². The highest BCUT2D eigenvalue weighted by molar-refractivity contribution is 5.52. The van der Waals surface area contributed by atoms with Gasteiger partial charge in [-0.05, 0) is 24.1 Å². The first-order valence-corrected chi connectivity index (χ1v) is 6.27. The standard InChI is InChI=1S/C15H19N3/c1-2-18(12-13-6-4-3-5-7-13)15-11-17-9-8-14(15)10-16/h3-9,11H,2,10,12,16H2,1H3. The number of benzene rings is 1. The van der Waals surface area contributed by atoms with Gasteiger partial charge in [0.15, 0.2) is 0 Å². The van der Waals surface area contributed by atoms with Crippen LogP contribution in [-0.2, 0) is 13.1 Å². The molecule has 94 valence electrons. The summed E-state index contributed by atoms with van der Waals surface area (Å²) in [6.07, 6.45) is 3.69. The van der Waals surface area contributed by atoms with Gasteiger partial charge < -0.3 is 10.6 Å². The average molecular weight is 241 g/mol. The third kappa shape index (κ3) is 2.87. The van der Waals surface area contributed by atoms with Crippen LogP contribution in [0.3, 0.4) is 0 Å². The van der Waals surface area contributed by atoms with Crippen LogP contribution in [0.25, 0.3) is 0 Å². The Hall–Kier alpha value is -1.87. The summed E-state index contributed by atoms with van der Waals surface area (Å²) in [5.41, 5.74) is 9.35. The first-order chi connectivity index (χ1) is 8.85. The number of nitrogens with two attached hydrogens (primary N) is 1. The average Bonchev–Trinajstić information content (AvgIpc) is 2.46. The number of hydrogen-bond donors (Lipinski definition) is 1. The van der Waals surface area contributed by atoms with E-state index in [2.05, 4.69) is 41.1 Å². The second-order valence-electron chi connectivity index (χ2n) is 4.21. The molecule has 0 spiro atoms. The van der Waals surface area contributed by atoms with Crippen molar-refractivity contribution >= 4 is 5.69 Å². The van der Waals surface area contributed by atoms with E-state index in [1.54, 1.807) is 6.20 Å². The van der Waals surface area contributed by atoms with E-state index in [4.69, 9.17) is 5.73 Å². The smallest absolute Gasteiger partial charge is 0.0601 e. The second-order valence-corrected chi connectivity index (χ2v) is 4.21. The third-order valence-electron chi connectivity index (χ3n) is 3.05. The number of rotatable bonds is 5. The number of hydrogen-bond acceptors (Lipinski definition) is 3. The van der Waals surface area contributed by atoms with Crippen molar-refractivity contribution < 1.29 is 0 Å². The van der Waals surface area contributed by atoms with Crippen molar-refractivity contribution in [2.45, 2.75) is 20.0 Å². The van der Waals surface area contributed by atoms with Crippen LogP contribution in [0.5, 0.6) is 0 Å². The number of aromatic nitrogens is 1. The molecule has 0 atom stereocenters. The molecule has 0 aliphatic rings. The molecule has 1 aromatic heterocycles. The number of nitrogens with zero attached hydrogens (tertiary/aromatic N) is 2. The Morgan fingerprint density at radius 1 is 1.17 bits per heavy atom. The third-order valence-corrected chi connectivity index (χ3v) is 3.05. The molecule has 0 bridgehead atoms. The molecule has 0 aliphatic carbocycles. The van der Waals surface area contributed by atoms with E-state index in [0.29, 0.717) is 6.54 Å². The minimum atomic E-state index is 0.545. The predicted octanol–water partition coefficient (Wildman–Crippen LogP) is 2.57. The van der Waals surface area contributed by atoms with Gasteiger partial charge in [-0.25, -0.2) is 0 Å². The van der Waals surface area contributed by atoms with E-state index in [9.17, 15) is 0 Å². The Labute approximate surface area is 108 Å². The predicted molar refractivity (Wildman–Crippen MR) is 75.3 cm³/mol. The van der Waals surface area contributed by atoms with Gasteiger partial charge >= 0.3 is 0 Å². The van der Waals surface area contributed by atoms with Crippen molar-refractivity contribution in [3.8, 4) is 0 Å². The fourth-order valence-electron chi connectivity index (χ4n) is 2.04. The Kier molecular flexibility index (Phi) is 4.31. The molecule has 2 aromatic rings. The topological polar surface area (TPSA) is 42.2 Å². The minimum Gasteiger partial charge on any atom is -0.366 e. The molecule has 0 aliphatic heterocycles. The van der Waals surface area contributed by atoms with Gasteiger partial charge in [-0.1, -0.05) is 30.3 Å². The van der Waals surface area contributed by atoms with E-state index in [1.807, 2.05) is 18.3 Å². The zero-order valence-electron chi connectivity index (χ0n) is 10.7. The maximum Gasteiger partial charge on any atom is 0.0601 e. The molecule has 2 rings (SSSR count). The van der Waals surface area contributed by atoms with Crippen LogP contribution in [0.2, 0.25) is 0 Å². The molecule has 0 saturated heterocycles. The summed E-state index contributed by atoms with van der Waals surface area (Å²) in [6.45, 7) is 4.52. The number of pyridine rings is 1. The lowest BCUT2D eigenvalue weighted by Crippen LogP contribution is -2.24. The highest BCUT2D eigenvalue weighted by Crippen LogP contribution is 2.20. The van der Waals surface area contributed by atoms with Crippen LogP contribution in [0.1, 0.15) is 18.1 Å². The van der Waals surface area contributed by atoms with Crippen molar-refractivity contribution in [3.05, 3.63) is 59.9 Å². The SMILES string of the molecule is CCN(Cc1ccccc1)c1cnccc1CN. The van der Waals surface area contributed by atoms with Gasteiger partial charge in [0.25, 0.3) is 0 Å². The zero-order valence-corrected chi connectivity index (χ0v) is 10.7. The van der Waals surface area contributed by atoms with Crippen LogP contribution in [-0.4, -0.2) is 11.5 Å². The lowest BCUT2D eigenvalue weighted by molar-refractivity contribution is 0.817. The van der Waals surface area contributed by atoms with Crippen molar-refractivity contribution in [2.75, 3.05) is 11.4 Å². The molecule has 1 heterocycles. The first kappa shape index (κ1) is 12.6. The molecule has 18 heavy (non-hydrogen) atoms. The molecule has 0 radical (unpaired) electrons. The minimum absolute atomic E-state index is 0.545. The maximum absolute atomic E-state index is 5.78. The molecule has 0 unspecified atom stereocenters. The summed E-state index contributed by atoms with van der Waals surface area (Å²) in [6, 6.07) is 12.4. The van der Waals surface area contributed by atoms with Crippen LogP contribution in [0, 0.1) is 0 Å². The van der Waals surface area contributed by atoms with E-state index in [-0.39, 0.29) is 0 Å². The Bertz CT molecular complexity index is 482. The summed E-state index contributed by atoms with van der Waals surface area (Å²) in [5.74, 6) is 0. The number of anilines is 1. The van der Waals surface area contributed by atoms with Crippen LogP contribution < -0.4 is 10.6 Å². The molecule has 0 fully saturated rings. The Morgan fingerprint density at radius 2 is 1.94 bits per heavy atom. The molecule has 3 nitrogen and oxygen atoms in total. The summed E-state index contributed by atoms with van der Waals surface area (Å²) >= 11 is 0. The highest BCUT2D eigenvalue weighted by atomic mass is 15.1. The lowest BCUT2D eigenvalue weighted by atomic mass is 10.1. The van der Waals surface area contributed by atoms with Crippen LogP contribution in [0.15, 0.2) is 48.8 Å². The van der Waals surface area contributed by atoms with Gasteiger partial charge in [0.1, 0.15) is 0 Å². The van der Waals surface area contributed by atoms with Crippen LogP contribution >= 0.6 is 0 Å². The van der Waals surface area contributed by atoms with Gasteiger partial charge in [-0.15, -0.1) is 0 Å². The fraction of sp³-hybridized carbons (Fsp3) is 0.267. The van der Waals surface area contributed by atoms with Gasteiger partial charge in [-0.2, -0.15) is 0 Å². The largest absolute Gasteiger partial charge is 0.366 e. The highest BCUT2D eigenvalue weighted by Gasteiger charge is 2.09. The van der Waals surface area contributed by atoms with Crippen molar-refractivity contribution in [1.29, 1.82) is 0 Å². The zero-order chi connectivity index (χ0) is 12.8. The van der Waals surface area contributed by atoms with Crippen LogP contribution in [0.4, 0.5) is 5.69 Å². The van der Waals surface area contributed by atoms with Crippen molar-refractivity contribution in [2.24, 2.45) is 5.73 Å². The monoisotopic (exact) mass is 241 g/mol. The van der Waals surface area contributed by atoms with E-state index in [0.717, 1.165) is 24.3 Å². The Morgan fingerprint density at radius 3 is 2.61 bits per heavy atom. The lowest BCUT2D eigenvalue weighted by Gasteiger charge is -2.25. The second kappa shape index (κ2) is 6.17. The van der Waals surface area contributed by atoms with E-state index in [1.165, 1.54) is 5.56 Å². The van der Waals surface area contributed by atoms with E-state index >= 15 is 0 Å². The van der Waals surface area contributed by atoms with Gasteiger partial charge in [0, 0.05) is 25.8 Å². The molecule has 2 N–H and O–H groups in total. The summed E-state index contributed by atoms with van der Waals surface area (Å²) in [7, 11) is 0. The molecular formula is C15H19N3. The molecule has 3 heteroatoms. The maximum atomic E-state index is 5.78. The normalized spacial score (nSPS) is 10.3. The Balaban J connectivity index is 2.23. The molecule has 0 amide bonds. The first-order valence-electron chi connectivity index (χ1n) is 6.27. The molecular weight excluding hydrogens is 222 g/mol. The van der Waals surface area contributed by atoms with Crippen molar-refractivity contribution in [1.82, 2.24) is 4.98 Å². The van der Waals surface area contributed by atoms with Crippen molar-refractivity contribution in [3.63, 3.8) is 0 Å². The van der Waals surface area contributed by atoms with Gasteiger partial charge in [0.2, 0.25) is 0 Å². The summed E-state index contributed by atoms with van der Waals surface area (Å²) in [4.78, 5) is 6.50. The fourth-order valence-corrected chi connectivity index (χ4v) is 2.04. The summed E-state index contributed by atoms with van der Waals surface area (Å²) in [5, 5.41) is 0. The van der Waals surface area contributed by atoms with E-state index < -0.39 is 0 Å². The summed E-state index contributed by atoms with van der Waals surface area (Å²) < 4.78 is 0. The van der Waals surface area contributed by atoms with Gasteiger partial charge in [0.05, 0.1) is 11.9 Å². The quantitative estimate of drug-likeness (QED) is 0.874.